The molecule has 0 aliphatic rings. The Balaban J connectivity index is 1.50. The fourth-order valence-corrected chi connectivity index (χ4v) is 3.35. The van der Waals surface area contributed by atoms with Gasteiger partial charge in [-0.15, -0.1) is 11.3 Å². The van der Waals surface area contributed by atoms with Crippen molar-refractivity contribution in [3.8, 4) is 11.3 Å². The number of aryl methyl sites for hydroxylation is 1. The number of halogens is 2. The molecule has 3 heterocycles. The summed E-state index contributed by atoms with van der Waals surface area (Å²) in [7, 11) is 1.67. The molecule has 3 aromatic heterocycles. The topological polar surface area (TPSA) is 94.7 Å². The quantitative estimate of drug-likeness (QED) is 0.565. The van der Waals surface area contributed by atoms with Crippen molar-refractivity contribution in [2.75, 3.05) is 5.32 Å². The number of amides is 1. The molecule has 0 saturated heterocycles. The first-order chi connectivity index (χ1) is 13.4. The molecule has 8 nitrogen and oxygen atoms in total. The smallest absolute Gasteiger partial charge is 0.264 e. The second-order valence-corrected chi connectivity index (χ2v) is 6.76. The molecule has 0 spiro atoms. The molecule has 28 heavy (non-hydrogen) atoms. The zero-order valence-corrected chi connectivity index (χ0v) is 15.2. The van der Waals surface area contributed by atoms with Crippen LogP contribution >= 0.6 is 11.3 Å². The van der Waals surface area contributed by atoms with Gasteiger partial charge in [0.05, 0.1) is 11.9 Å². The average molecular weight is 402 g/mol. The lowest BCUT2D eigenvalue weighted by Crippen LogP contribution is -2.27. The second-order valence-electron chi connectivity index (χ2n) is 5.90. The molecule has 0 unspecified atom stereocenters. The molecule has 0 atom stereocenters. The van der Waals surface area contributed by atoms with Gasteiger partial charge >= 0.3 is 0 Å². The Kier molecular flexibility index (Phi) is 4.43. The van der Waals surface area contributed by atoms with Gasteiger partial charge in [-0.1, -0.05) is 0 Å². The summed E-state index contributed by atoms with van der Waals surface area (Å²) in [6.07, 6.45) is 2.68. The van der Waals surface area contributed by atoms with Crippen molar-refractivity contribution in [2.45, 2.75) is 6.54 Å². The zero-order valence-electron chi connectivity index (χ0n) is 14.4. The number of aromatic nitrogens is 5. The Morgan fingerprint density at radius 1 is 1.29 bits per heavy atom. The van der Waals surface area contributed by atoms with Crippen LogP contribution in [0.3, 0.4) is 0 Å². The van der Waals surface area contributed by atoms with Crippen LogP contribution in [0.2, 0.25) is 0 Å². The summed E-state index contributed by atoms with van der Waals surface area (Å²) in [5.74, 6) is -2.40. The molecule has 0 radical (unpaired) electrons. The van der Waals surface area contributed by atoms with Crippen LogP contribution < -0.4 is 10.9 Å². The number of anilines is 1. The molecule has 0 aliphatic carbocycles. The summed E-state index contributed by atoms with van der Waals surface area (Å²) in [6, 6.07) is 3.44. The minimum atomic E-state index is -0.978. The lowest BCUT2D eigenvalue weighted by Gasteiger charge is -2.05. The number of fused-ring (bicyclic) bond motifs is 1. The van der Waals surface area contributed by atoms with E-state index < -0.39 is 17.5 Å². The van der Waals surface area contributed by atoms with Gasteiger partial charge in [0.15, 0.2) is 22.4 Å². The predicted octanol–water partition coefficient (Wildman–Crippen LogP) is 2.17. The normalized spacial score (nSPS) is 11.1. The highest BCUT2D eigenvalue weighted by atomic mass is 32.1. The summed E-state index contributed by atoms with van der Waals surface area (Å²) < 4.78 is 29.0. The SMILES string of the molecule is Cn1ncc2c(=O)n(CC(=O)Nc3nc(-c4ccc(F)c(F)c4)cs3)cnc21. The Hall–Kier alpha value is -3.47. The number of hydrogen-bond donors (Lipinski definition) is 1. The Morgan fingerprint density at radius 3 is 2.89 bits per heavy atom. The molecule has 0 fully saturated rings. The maximum atomic E-state index is 13.4. The average Bonchev–Trinajstić information content (AvgIpc) is 3.27. The molecule has 11 heteroatoms. The molecule has 142 valence electrons. The van der Waals surface area contributed by atoms with E-state index in [1.165, 1.54) is 27.8 Å². The minimum absolute atomic E-state index is 0.253. The van der Waals surface area contributed by atoms with E-state index in [4.69, 9.17) is 0 Å². The molecule has 1 amide bonds. The fourth-order valence-electron chi connectivity index (χ4n) is 2.61. The minimum Gasteiger partial charge on any atom is -0.300 e. The van der Waals surface area contributed by atoms with Gasteiger partial charge in [0, 0.05) is 18.0 Å². The van der Waals surface area contributed by atoms with Crippen molar-refractivity contribution in [2.24, 2.45) is 7.05 Å². The van der Waals surface area contributed by atoms with Crippen LogP contribution in [0.5, 0.6) is 0 Å². The summed E-state index contributed by atoms with van der Waals surface area (Å²) >= 11 is 1.13. The highest BCUT2D eigenvalue weighted by Gasteiger charge is 2.13. The van der Waals surface area contributed by atoms with Gasteiger partial charge < -0.3 is 5.32 Å². The first kappa shape index (κ1) is 17.9. The van der Waals surface area contributed by atoms with Crippen LogP contribution in [0.15, 0.2) is 40.9 Å². The number of nitrogens with zero attached hydrogens (tertiary/aromatic N) is 5. The lowest BCUT2D eigenvalue weighted by atomic mass is 10.2. The van der Waals surface area contributed by atoms with Gasteiger partial charge in [0.25, 0.3) is 5.56 Å². The molecule has 4 rings (SSSR count). The largest absolute Gasteiger partial charge is 0.300 e. The van der Waals surface area contributed by atoms with Crippen molar-refractivity contribution in [3.05, 3.63) is 58.1 Å². The number of benzene rings is 1. The molecular weight excluding hydrogens is 390 g/mol. The van der Waals surface area contributed by atoms with E-state index in [2.05, 4.69) is 20.4 Å². The van der Waals surface area contributed by atoms with Crippen LogP contribution in [-0.4, -0.2) is 30.2 Å². The van der Waals surface area contributed by atoms with Crippen molar-refractivity contribution in [1.82, 2.24) is 24.3 Å². The van der Waals surface area contributed by atoms with E-state index in [0.717, 1.165) is 23.5 Å². The zero-order chi connectivity index (χ0) is 19.8. The summed E-state index contributed by atoms with van der Waals surface area (Å²) in [6.45, 7) is -0.253. The van der Waals surface area contributed by atoms with E-state index in [0.29, 0.717) is 22.3 Å². The van der Waals surface area contributed by atoms with Crippen LogP contribution in [0.25, 0.3) is 22.3 Å². The maximum absolute atomic E-state index is 13.4. The number of hydrogen-bond acceptors (Lipinski definition) is 6. The van der Waals surface area contributed by atoms with E-state index in [-0.39, 0.29) is 17.2 Å². The van der Waals surface area contributed by atoms with E-state index >= 15 is 0 Å². The Morgan fingerprint density at radius 2 is 2.11 bits per heavy atom. The molecule has 1 aromatic carbocycles. The third-order valence-corrected chi connectivity index (χ3v) is 4.76. The highest BCUT2D eigenvalue weighted by Crippen LogP contribution is 2.26. The molecule has 0 aliphatic heterocycles. The van der Waals surface area contributed by atoms with Crippen molar-refractivity contribution in [1.29, 1.82) is 0 Å². The van der Waals surface area contributed by atoms with E-state index in [1.54, 1.807) is 12.4 Å². The van der Waals surface area contributed by atoms with Gasteiger partial charge in [-0.25, -0.2) is 18.7 Å². The number of rotatable bonds is 4. The van der Waals surface area contributed by atoms with Crippen molar-refractivity contribution < 1.29 is 13.6 Å². The van der Waals surface area contributed by atoms with Crippen LogP contribution in [0.4, 0.5) is 13.9 Å². The summed E-state index contributed by atoms with van der Waals surface area (Å²) in [5, 5.41) is 8.74. The number of thiazole rings is 1. The first-order valence-electron chi connectivity index (χ1n) is 8.00. The van der Waals surface area contributed by atoms with Crippen LogP contribution in [0, 0.1) is 11.6 Å². The molecule has 0 bridgehead atoms. The third-order valence-electron chi connectivity index (χ3n) is 4.00. The molecule has 1 N–H and O–H groups in total. The first-order valence-corrected chi connectivity index (χ1v) is 8.88. The fraction of sp³-hybridized carbons (Fsp3) is 0.118. The highest BCUT2D eigenvalue weighted by molar-refractivity contribution is 7.14. The van der Waals surface area contributed by atoms with Gasteiger partial charge in [0.1, 0.15) is 18.3 Å². The van der Waals surface area contributed by atoms with Gasteiger partial charge in [-0.05, 0) is 18.2 Å². The van der Waals surface area contributed by atoms with Gasteiger partial charge in [-0.2, -0.15) is 5.10 Å². The van der Waals surface area contributed by atoms with E-state index in [9.17, 15) is 18.4 Å². The number of carbonyl (C=O) groups excluding carboxylic acids is 1. The molecular formula is C17H12F2N6O2S. The molecule has 0 saturated carbocycles. The predicted molar refractivity (Wildman–Crippen MR) is 98.9 cm³/mol. The van der Waals surface area contributed by atoms with Crippen molar-refractivity contribution in [3.63, 3.8) is 0 Å². The monoisotopic (exact) mass is 402 g/mol. The maximum Gasteiger partial charge on any atom is 0.264 e. The van der Waals surface area contributed by atoms with Crippen molar-refractivity contribution >= 4 is 33.4 Å². The molecule has 4 aromatic rings. The second kappa shape index (κ2) is 6.93. The Bertz CT molecular complexity index is 1260. The summed E-state index contributed by atoms with van der Waals surface area (Å²) in [5.41, 5.74) is 0.834. The van der Waals surface area contributed by atoms with E-state index in [1.807, 2.05) is 0 Å². The Labute approximate surface area is 160 Å². The number of nitrogens with one attached hydrogen (secondary N) is 1. The van der Waals surface area contributed by atoms with Crippen LogP contribution in [-0.2, 0) is 18.4 Å². The summed E-state index contributed by atoms with van der Waals surface area (Å²) in [4.78, 5) is 33.0. The standard InChI is InChI=1S/C17H12F2N6O2S/c1-24-15-10(5-21-24)16(27)25(8-20-15)6-14(26)23-17-22-13(7-28-17)9-2-3-11(18)12(19)4-9/h2-5,7-8H,6H2,1H3,(H,22,23,26). The third kappa shape index (κ3) is 3.27. The van der Waals surface area contributed by atoms with Gasteiger partial charge in [-0.3, -0.25) is 18.8 Å². The number of carbonyl (C=O) groups is 1. The van der Waals surface area contributed by atoms with Gasteiger partial charge in [0.2, 0.25) is 5.91 Å². The van der Waals surface area contributed by atoms with Crippen LogP contribution in [0.1, 0.15) is 0 Å². The lowest BCUT2D eigenvalue weighted by molar-refractivity contribution is -0.116.